The van der Waals surface area contributed by atoms with E-state index in [1.807, 2.05) is 11.8 Å². The van der Waals surface area contributed by atoms with E-state index >= 15 is 0 Å². The Bertz CT molecular complexity index is 423. The van der Waals surface area contributed by atoms with E-state index in [-0.39, 0.29) is 0 Å². The van der Waals surface area contributed by atoms with Gasteiger partial charge in [0.05, 0.1) is 5.69 Å². The maximum Gasteiger partial charge on any atom is 0.136 e. The molecule has 3 heterocycles. The summed E-state index contributed by atoms with van der Waals surface area (Å²) in [5, 5.41) is 3.95. The number of thioether (sulfide) groups is 1. The Morgan fingerprint density at radius 3 is 3.12 bits per heavy atom. The van der Waals surface area contributed by atoms with Crippen LogP contribution in [0.3, 0.4) is 0 Å². The SMILES string of the molecule is C[C@@H]1SCc2ncnc(N3CCNC[C@@H]3C)c21. The fraction of sp³-hybridized carbons (Fsp3) is 0.667. The van der Waals surface area contributed by atoms with Crippen molar-refractivity contribution in [3.8, 4) is 0 Å². The van der Waals surface area contributed by atoms with Gasteiger partial charge in [0.2, 0.25) is 0 Å². The molecule has 1 fully saturated rings. The predicted octanol–water partition coefficient (Wildman–Crippen LogP) is 1.58. The van der Waals surface area contributed by atoms with Crippen molar-refractivity contribution in [2.45, 2.75) is 30.9 Å². The normalized spacial score (nSPS) is 28.2. The second-order valence-electron chi connectivity index (χ2n) is 4.76. The summed E-state index contributed by atoms with van der Waals surface area (Å²) in [6.45, 7) is 7.65. The summed E-state index contributed by atoms with van der Waals surface area (Å²) >= 11 is 1.96. The first-order valence-corrected chi connectivity index (χ1v) is 7.25. The van der Waals surface area contributed by atoms with E-state index in [0.29, 0.717) is 11.3 Å². The molecule has 2 atom stereocenters. The summed E-state index contributed by atoms with van der Waals surface area (Å²) in [4.78, 5) is 11.4. The van der Waals surface area contributed by atoms with Crippen LogP contribution in [0, 0.1) is 0 Å². The van der Waals surface area contributed by atoms with Crippen LogP contribution in [0.25, 0.3) is 0 Å². The zero-order chi connectivity index (χ0) is 11.8. The first-order valence-electron chi connectivity index (χ1n) is 6.20. The lowest BCUT2D eigenvalue weighted by molar-refractivity contribution is 0.495. The molecule has 0 saturated carbocycles. The Hall–Kier alpha value is -0.810. The molecular weight excluding hydrogens is 232 g/mol. The summed E-state index contributed by atoms with van der Waals surface area (Å²) in [7, 11) is 0. The van der Waals surface area contributed by atoms with Crippen molar-refractivity contribution in [3.63, 3.8) is 0 Å². The van der Waals surface area contributed by atoms with Crippen LogP contribution in [0.2, 0.25) is 0 Å². The first-order chi connectivity index (χ1) is 8.27. The van der Waals surface area contributed by atoms with Gasteiger partial charge in [0.1, 0.15) is 12.1 Å². The monoisotopic (exact) mass is 250 g/mol. The molecule has 1 aromatic rings. The molecule has 2 aliphatic rings. The number of anilines is 1. The highest BCUT2D eigenvalue weighted by Gasteiger charge is 2.29. The highest BCUT2D eigenvalue weighted by molar-refractivity contribution is 7.99. The van der Waals surface area contributed by atoms with Gasteiger partial charge in [-0.2, -0.15) is 0 Å². The number of nitrogens with one attached hydrogen (secondary N) is 1. The number of aromatic nitrogens is 2. The molecule has 0 aliphatic carbocycles. The lowest BCUT2D eigenvalue weighted by Crippen LogP contribution is -2.50. The molecule has 92 valence electrons. The minimum Gasteiger partial charge on any atom is -0.351 e. The number of hydrogen-bond donors (Lipinski definition) is 1. The molecular formula is C12H18N4S. The lowest BCUT2D eigenvalue weighted by atomic mass is 10.1. The molecule has 0 amide bonds. The van der Waals surface area contributed by atoms with Crippen LogP contribution in [0.1, 0.15) is 30.4 Å². The van der Waals surface area contributed by atoms with Gasteiger partial charge < -0.3 is 10.2 Å². The van der Waals surface area contributed by atoms with E-state index in [9.17, 15) is 0 Å². The van der Waals surface area contributed by atoms with Gasteiger partial charge in [0, 0.05) is 42.2 Å². The zero-order valence-electron chi connectivity index (χ0n) is 10.3. The second kappa shape index (κ2) is 4.46. The largest absolute Gasteiger partial charge is 0.351 e. The summed E-state index contributed by atoms with van der Waals surface area (Å²) in [5.74, 6) is 2.20. The average molecular weight is 250 g/mol. The van der Waals surface area contributed by atoms with Crippen LogP contribution in [-0.2, 0) is 5.75 Å². The van der Waals surface area contributed by atoms with Crippen LogP contribution in [0.15, 0.2) is 6.33 Å². The summed E-state index contributed by atoms with van der Waals surface area (Å²) in [5.41, 5.74) is 2.60. The highest BCUT2D eigenvalue weighted by atomic mass is 32.2. The molecule has 1 aromatic heterocycles. The number of hydrogen-bond acceptors (Lipinski definition) is 5. The minimum atomic E-state index is 0.514. The van der Waals surface area contributed by atoms with Crippen molar-refractivity contribution in [2.24, 2.45) is 0 Å². The van der Waals surface area contributed by atoms with Crippen molar-refractivity contribution >= 4 is 17.6 Å². The van der Waals surface area contributed by atoms with Gasteiger partial charge in [-0.05, 0) is 13.8 Å². The van der Waals surface area contributed by atoms with Gasteiger partial charge in [0.25, 0.3) is 0 Å². The van der Waals surface area contributed by atoms with Crippen LogP contribution in [-0.4, -0.2) is 35.6 Å². The summed E-state index contributed by atoms with van der Waals surface area (Å²) in [6.07, 6.45) is 1.72. The fourth-order valence-electron chi connectivity index (χ4n) is 2.62. The molecule has 1 N–H and O–H groups in total. The van der Waals surface area contributed by atoms with Crippen LogP contribution >= 0.6 is 11.8 Å². The maximum absolute atomic E-state index is 4.55. The van der Waals surface area contributed by atoms with Crippen molar-refractivity contribution in [3.05, 3.63) is 17.6 Å². The molecule has 0 spiro atoms. The third-order valence-corrected chi connectivity index (χ3v) is 4.77. The van der Waals surface area contributed by atoms with E-state index in [4.69, 9.17) is 0 Å². The highest BCUT2D eigenvalue weighted by Crippen LogP contribution is 2.44. The quantitative estimate of drug-likeness (QED) is 0.819. The van der Waals surface area contributed by atoms with Crippen molar-refractivity contribution in [2.75, 3.05) is 24.5 Å². The van der Waals surface area contributed by atoms with Crippen molar-refractivity contribution in [1.29, 1.82) is 0 Å². The second-order valence-corrected chi connectivity index (χ2v) is 6.09. The maximum atomic E-state index is 4.55. The van der Waals surface area contributed by atoms with Crippen molar-refractivity contribution < 1.29 is 0 Å². The molecule has 4 nitrogen and oxygen atoms in total. The molecule has 17 heavy (non-hydrogen) atoms. The molecule has 0 radical (unpaired) electrons. The Morgan fingerprint density at radius 1 is 1.41 bits per heavy atom. The minimum absolute atomic E-state index is 0.514. The average Bonchev–Trinajstić information content (AvgIpc) is 2.72. The fourth-order valence-corrected chi connectivity index (χ4v) is 3.67. The Balaban J connectivity index is 2.00. The van der Waals surface area contributed by atoms with Crippen LogP contribution < -0.4 is 10.2 Å². The Kier molecular flexibility index (Phi) is 2.96. The Labute approximate surface area is 106 Å². The van der Waals surface area contributed by atoms with Gasteiger partial charge in [-0.25, -0.2) is 9.97 Å². The molecule has 5 heteroatoms. The molecule has 0 unspecified atom stereocenters. The van der Waals surface area contributed by atoms with E-state index in [2.05, 4.69) is 34.0 Å². The standard InChI is InChI=1S/C12H18N4S/c1-8-5-13-3-4-16(8)12-11-9(2)17-6-10(11)14-7-15-12/h7-9,13H,3-6H2,1-2H3/t8-,9-/m0/s1. The smallest absolute Gasteiger partial charge is 0.136 e. The third kappa shape index (κ3) is 1.91. The molecule has 2 aliphatic heterocycles. The van der Waals surface area contributed by atoms with E-state index in [0.717, 1.165) is 25.4 Å². The summed E-state index contributed by atoms with van der Waals surface area (Å²) in [6, 6.07) is 0.514. The topological polar surface area (TPSA) is 41.1 Å². The predicted molar refractivity (Wildman–Crippen MR) is 71.4 cm³/mol. The zero-order valence-corrected chi connectivity index (χ0v) is 11.1. The van der Waals surface area contributed by atoms with Gasteiger partial charge >= 0.3 is 0 Å². The first kappa shape index (κ1) is 11.3. The lowest BCUT2D eigenvalue weighted by Gasteiger charge is -2.36. The molecule has 0 aromatic carbocycles. The van der Waals surface area contributed by atoms with Gasteiger partial charge in [-0.15, -0.1) is 11.8 Å². The third-order valence-electron chi connectivity index (χ3n) is 3.60. The van der Waals surface area contributed by atoms with E-state index in [1.165, 1.54) is 17.1 Å². The van der Waals surface area contributed by atoms with Crippen molar-refractivity contribution in [1.82, 2.24) is 15.3 Å². The van der Waals surface area contributed by atoms with Gasteiger partial charge in [0.15, 0.2) is 0 Å². The van der Waals surface area contributed by atoms with E-state index < -0.39 is 0 Å². The van der Waals surface area contributed by atoms with Gasteiger partial charge in [-0.1, -0.05) is 0 Å². The van der Waals surface area contributed by atoms with Crippen LogP contribution in [0.5, 0.6) is 0 Å². The number of fused-ring (bicyclic) bond motifs is 1. The summed E-state index contributed by atoms with van der Waals surface area (Å²) < 4.78 is 0. The number of piperazine rings is 1. The molecule has 3 rings (SSSR count). The van der Waals surface area contributed by atoms with Gasteiger partial charge in [-0.3, -0.25) is 0 Å². The Morgan fingerprint density at radius 2 is 2.29 bits per heavy atom. The number of nitrogens with zero attached hydrogens (tertiary/aromatic N) is 3. The number of rotatable bonds is 1. The molecule has 1 saturated heterocycles. The molecule has 0 bridgehead atoms. The van der Waals surface area contributed by atoms with E-state index in [1.54, 1.807) is 6.33 Å². The van der Waals surface area contributed by atoms with Crippen LogP contribution in [0.4, 0.5) is 5.82 Å².